The summed E-state index contributed by atoms with van der Waals surface area (Å²) in [4.78, 5) is 26.3. The van der Waals surface area contributed by atoms with E-state index in [1.807, 2.05) is 0 Å². The van der Waals surface area contributed by atoms with Crippen LogP contribution in [0.15, 0.2) is 24.5 Å². The molecule has 1 amide bonds. The molecule has 2 aromatic rings. The summed E-state index contributed by atoms with van der Waals surface area (Å²) in [6.45, 7) is 0.0666. The number of nitrogens with two attached hydrogens (primary N) is 1. The number of rotatable bonds is 5. The first-order valence-electron chi connectivity index (χ1n) is 5.89. The summed E-state index contributed by atoms with van der Waals surface area (Å²) in [5, 5.41) is 17.5. The standard InChI is InChI=1S/C11H13N7O3/c1-17-6-14-10(16-17)5-13-11(19)8-4-7(15-12)2-3-9(8)18(20)21/h2-4,6,15H,5,12H2,1H3,(H,13,19). The van der Waals surface area contributed by atoms with E-state index in [4.69, 9.17) is 5.84 Å². The fraction of sp³-hybridized carbons (Fsp3) is 0.182. The summed E-state index contributed by atoms with van der Waals surface area (Å²) in [6.07, 6.45) is 1.49. The molecule has 2 rings (SSSR count). The predicted molar refractivity (Wildman–Crippen MR) is 73.1 cm³/mol. The minimum Gasteiger partial charge on any atom is -0.344 e. The lowest BCUT2D eigenvalue weighted by Crippen LogP contribution is -2.24. The molecule has 0 aliphatic rings. The van der Waals surface area contributed by atoms with Gasteiger partial charge in [0.2, 0.25) is 0 Å². The zero-order chi connectivity index (χ0) is 15.4. The maximum absolute atomic E-state index is 12.1. The Hall–Kier alpha value is -3.01. The van der Waals surface area contributed by atoms with Crippen molar-refractivity contribution in [2.45, 2.75) is 6.54 Å². The number of nitrogen functional groups attached to an aromatic ring is 1. The highest BCUT2D eigenvalue weighted by Gasteiger charge is 2.20. The number of anilines is 1. The Morgan fingerprint density at radius 3 is 2.86 bits per heavy atom. The van der Waals surface area contributed by atoms with Gasteiger partial charge in [-0.3, -0.25) is 25.4 Å². The van der Waals surface area contributed by atoms with E-state index in [1.165, 1.54) is 29.2 Å². The summed E-state index contributed by atoms with van der Waals surface area (Å²) in [7, 11) is 1.69. The minimum atomic E-state index is -0.631. The summed E-state index contributed by atoms with van der Waals surface area (Å²) < 4.78 is 1.49. The van der Waals surface area contributed by atoms with Gasteiger partial charge in [0.15, 0.2) is 5.82 Å². The average Bonchev–Trinajstić information content (AvgIpc) is 2.89. The van der Waals surface area contributed by atoms with Gasteiger partial charge in [0.25, 0.3) is 11.6 Å². The molecule has 110 valence electrons. The van der Waals surface area contributed by atoms with Crippen LogP contribution in [0.5, 0.6) is 0 Å². The molecule has 1 heterocycles. The van der Waals surface area contributed by atoms with Crippen LogP contribution in [0.25, 0.3) is 0 Å². The van der Waals surface area contributed by atoms with Gasteiger partial charge in [-0.05, 0) is 12.1 Å². The van der Waals surface area contributed by atoms with E-state index < -0.39 is 10.8 Å². The Balaban J connectivity index is 2.19. The molecule has 21 heavy (non-hydrogen) atoms. The van der Waals surface area contributed by atoms with Crippen LogP contribution in [0, 0.1) is 10.1 Å². The first-order valence-corrected chi connectivity index (χ1v) is 5.89. The first kappa shape index (κ1) is 14.4. The van der Waals surface area contributed by atoms with Crippen molar-refractivity contribution >= 4 is 17.3 Å². The van der Waals surface area contributed by atoms with Gasteiger partial charge in [-0.15, -0.1) is 0 Å². The second kappa shape index (κ2) is 5.96. The zero-order valence-corrected chi connectivity index (χ0v) is 11.1. The number of carbonyl (C=O) groups excluding carboxylic acids is 1. The summed E-state index contributed by atoms with van der Waals surface area (Å²) in [5.74, 6) is 5.04. The maximum Gasteiger partial charge on any atom is 0.282 e. The van der Waals surface area contributed by atoms with E-state index in [2.05, 4.69) is 20.8 Å². The van der Waals surface area contributed by atoms with E-state index in [1.54, 1.807) is 7.05 Å². The second-order valence-electron chi connectivity index (χ2n) is 4.15. The van der Waals surface area contributed by atoms with Crippen LogP contribution in [-0.2, 0) is 13.6 Å². The monoisotopic (exact) mass is 291 g/mol. The largest absolute Gasteiger partial charge is 0.344 e. The molecule has 0 radical (unpaired) electrons. The maximum atomic E-state index is 12.1. The Kier molecular flexibility index (Phi) is 4.09. The molecule has 0 saturated heterocycles. The number of carbonyl (C=O) groups is 1. The van der Waals surface area contributed by atoms with Gasteiger partial charge < -0.3 is 10.7 Å². The van der Waals surface area contributed by atoms with E-state index in [9.17, 15) is 14.9 Å². The number of hydrogen-bond acceptors (Lipinski definition) is 7. The first-order chi connectivity index (χ1) is 10.0. The lowest BCUT2D eigenvalue weighted by Gasteiger charge is -2.06. The molecule has 0 aliphatic carbocycles. The fourth-order valence-electron chi connectivity index (χ4n) is 1.69. The van der Waals surface area contributed by atoms with Crippen LogP contribution < -0.4 is 16.6 Å². The molecule has 0 bridgehead atoms. The predicted octanol–water partition coefficient (Wildman–Crippen LogP) is -0.0611. The van der Waals surface area contributed by atoms with Crippen LogP contribution in [0.2, 0.25) is 0 Å². The minimum absolute atomic E-state index is 0.0666. The number of amides is 1. The Bertz CT molecular complexity index is 682. The van der Waals surface area contributed by atoms with Crippen molar-refractivity contribution in [1.29, 1.82) is 0 Å². The number of hydrazine groups is 1. The fourth-order valence-corrected chi connectivity index (χ4v) is 1.69. The number of aryl methyl sites for hydroxylation is 1. The molecule has 4 N–H and O–H groups in total. The number of nitrogens with one attached hydrogen (secondary N) is 2. The van der Waals surface area contributed by atoms with Gasteiger partial charge in [-0.25, -0.2) is 4.98 Å². The number of nitro benzene ring substituents is 1. The van der Waals surface area contributed by atoms with Gasteiger partial charge in [0.05, 0.1) is 11.5 Å². The van der Waals surface area contributed by atoms with E-state index in [0.717, 1.165) is 0 Å². The molecule has 1 aromatic heterocycles. The highest BCUT2D eigenvalue weighted by atomic mass is 16.6. The number of hydrogen-bond donors (Lipinski definition) is 3. The van der Waals surface area contributed by atoms with Crippen molar-refractivity contribution in [3.05, 3.63) is 46.0 Å². The van der Waals surface area contributed by atoms with Crippen LogP contribution in [0.4, 0.5) is 11.4 Å². The van der Waals surface area contributed by atoms with E-state index in [0.29, 0.717) is 11.5 Å². The lowest BCUT2D eigenvalue weighted by molar-refractivity contribution is -0.385. The SMILES string of the molecule is Cn1cnc(CNC(=O)c2cc(NN)ccc2[N+](=O)[O-])n1. The molecule has 1 aromatic carbocycles. The number of nitro groups is 1. The van der Waals surface area contributed by atoms with Gasteiger partial charge in [0.1, 0.15) is 11.9 Å². The topological polar surface area (TPSA) is 141 Å². The number of aromatic nitrogens is 3. The molecule has 0 atom stereocenters. The van der Waals surface area contributed by atoms with Crippen molar-refractivity contribution in [2.24, 2.45) is 12.9 Å². The van der Waals surface area contributed by atoms with Crippen LogP contribution in [0.1, 0.15) is 16.2 Å². The second-order valence-corrected chi connectivity index (χ2v) is 4.15. The van der Waals surface area contributed by atoms with Gasteiger partial charge >= 0.3 is 0 Å². The number of nitrogens with zero attached hydrogens (tertiary/aromatic N) is 4. The lowest BCUT2D eigenvalue weighted by atomic mass is 10.1. The summed E-state index contributed by atoms with van der Waals surface area (Å²) in [5.41, 5.74) is 2.33. The van der Waals surface area contributed by atoms with Crippen molar-refractivity contribution in [3.8, 4) is 0 Å². The molecule has 0 fully saturated rings. The molecule has 0 spiro atoms. The van der Waals surface area contributed by atoms with Crippen molar-refractivity contribution in [2.75, 3.05) is 5.43 Å². The molecule has 10 heteroatoms. The van der Waals surface area contributed by atoms with Crippen molar-refractivity contribution in [3.63, 3.8) is 0 Å². The highest BCUT2D eigenvalue weighted by molar-refractivity contribution is 5.99. The van der Waals surface area contributed by atoms with Crippen molar-refractivity contribution in [1.82, 2.24) is 20.1 Å². The quantitative estimate of drug-likeness (QED) is 0.398. The van der Waals surface area contributed by atoms with Gasteiger partial charge in [0, 0.05) is 18.8 Å². The smallest absolute Gasteiger partial charge is 0.282 e. The van der Waals surface area contributed by atoms with Crippen molar-refractivity contribution < 1.29 is 9.72 Å². The number of benzene rings is 1. The average molecular weight is 291 g/mol. The van der Waals surface area contributed by atoms with E-state index in [-0.39, 0.29) is 17.8 Å². The van der Waals surface area contributed by atoms with E-state index >= 15 is 0 Å². The van der Waals surface area contributed by atoms with Gasteiger partial charge in [-0.1, -0.05) is 0 Å². The molecular formula is C11H13N7O3. The van der Waals surface area contributed by atoms with Gasteiger partial charge in [-0.2, -0.15) is 5.10 Å². The summed E-state index contributed by atoms with van der Waals surface area (Å²) >= 11 is 0. The molecule has 0 aliphatic heterocycles. The third-order valence-corrected chi connectivity index (χ3v) is 2.66. The highest BCUT2D eigenvalue weighted by Crippen LogP contribution is 2.22. The molecular weight excluding hydrogens is 278 g/mol. The third kappa shape index (κ3) is 3.30. The third-order valence-electron chi connectivity index (χ3n) is 2.66. The normalized spacial score (nSPS) is 10.2. The zero-order valence-electron chi connectivity index (χ0n) is 11.1. The van der Waals surface area contributed by atoms with Crippen LogP contribution in [-0.4, -0.2) is 25.6 Å². The molecule has 0 saturated carbocycles. The Labute approximate surface area is 119 Å². The molecule has 0 unspecified atom stereocenters. The van der Waals surface area contributed by atoms with Crippen LogP contribution in [0.3, 0.4) is 0 Å². The van der Waals surface area contributed by atoms with Crippen LogP contribution >= 0.6 is 0 Å². The molecule has 10 nitrogen and oxygen atoms in total. The summed E-state index contributed by atoms with van der Waals surface area (Å²) in [6, 6.07) is 3.93. The Morgan fingerprint density at radius 2 is 2.29 bits per heavy atom. The Morgan fingerprint density at radius 1 is 1.52 bits per heavy atom.